The van der Waals surface area contributed by atoms with Gasteiger partial charge in [-0.25, -0.2) is 0 Å². The van der Waals surface area contributed by atoms with Crippen LogP contribution in [0.25, 0.3) is 0 Å². The van der Waals surface area contributed by atoms with Crippen molar-refractivity contribution in [1.82, 2.24) is 9.88 Å². The molecule has 0 fully saturated rings. The fraction of sp³-hybridized carbons (Fsp3) is 0.545. The summed E-state index contributed by atoms with van der Waals surface area (Å²) in [5.41, 5.74) is 1.24. The summed E-state index contributed by atoms with van der Waals surface area (Å²) >= 11 is 0. The van der Waals surface area contributed by atoms with Crippen molar-refractivity contribution >= 4 is 0 Å². The molecule has 0 saturated carbocycles. The van der Waals surface area contributed by atoms with Crippen molar-refractivity contribution in [3.63, 3.8) is 0 Å². The first-order valence-electron chi connectivity index (χ1n) is 5.01. The zero-order valence-corrected chi connectivity index (χ0v) is 8.85. The minimum absolute atomic E-state index is 0.267. The lowest BCUT2D eigenvalue weighted by Gasteiger charge is -2.21. The van der Waals surface area contributed by atoms with Crippen LogP contribution in [0.2, 0.25) is 0 Å². The Labute approximate surface area is 85.4 Å². The van der Waals surface area contributed by atoms with Gasteiger partial charge in [-0.05, 0) is 31.2 Å². The van der Waals surface area contributed by atoms with Gasteiger partial charge in [-0.3, -0.25) is 9.88 Å². The number of rotatable bonds is 5. The highest BCUT2D eigenvalue weighted by atomic mass is 16.3. The maximum Gasteiger partial charge on any atom is 0.0639 e. The van der Waals surface area contributed by atoms with Gasteiger partial charge >= 0.3 is 0 Å². The van der Waals surface area contributed by atoms with Gasteiger partial charge in [0.1, 0.15) is 0 Å². The SMILES string of the molecule is CCN(Cc1ccncc1)C[C@@H](C)O. The average Bonchev–Trinajstić information content (AvgIpc) is 2.17. The van der Waals surface area contributed by atoms with Crippen LogP contribution in [0.4, 0.5) is 0 Å². The molecule has 1 heterocycles. The largest absolute Gasteiger partial charge is 0.392 e. The van der Waals surface area contributed by atoms with Gasteiger partial charge in [0.05, 0.1) is 6.10 Å². The van der Waals surface area contributed by atoms with Crippen molar-refractivity contribution in [3.8, 4) is 0 Å². The second-order valence-electron chi connectivity index (χ2n) is 3.53. The molecule has 0 aromatic carbocycles. The van der Waals surface area contributed by atoms with E-state index in [1.54, 1.807) is 12.4 Å². The summed E-state index contributed by atoms with van der Waals surface area (Å²) in [7, 11) is 0. The van der Waals surface area contributed by atoms with Gasteiger partial charge in [-0.1, -0.05) is 6.92 Å². The first-order valence-corrected chi connectivity index (χ1v) is 5.01. The van der Waals surface area contributed by atoms with Crippen LogP contribution in [-0.4, -0.2) is 34.2 Å². The molecule has 0 aliphatic heterocycles. The summed E-state index contributed by atoms with van der Waals surface area (Å²) in [6.45, 7) is 6.47. The molecule has 0 spiro atoms. The molecule has 78 valence electrons. The van der Waals surface area contributed by atoms with Crippen LogP contribution in [0.5, 0.6) is 0 Å². The van der Waals surface area contributed by atoms with E-state index in [1.807, 2.05) is 19.1 Å². The predicted octanol–water partition coefficient (Wildman–Crippen LogP) is 1.28. The van der Waals surface area contributed by atoms with E-state index < -0.39 is 0 Å². The number of aliphatic hydroxyl groups is 1. The minimum Gasteiger partial charge on any atom is -0.392 e. The van der Waals surface area contributed by atoms with Crippen LogP contribution in [0.1, 0.15) is 19.4 Å². The van der Waals surface area contributed by atoms with Crippen LogP contribution < -0.4 is 0 Å². The van der Waals surface area contributed by atoms with Crippen LogP contribution >= 0.6 is 0 Å². The van der Waals surface area contributed by atoms with Gasteiger partial charge in [-0.2, -0.15) is 0 Å². The van der Waals surface area contributed by atoms with E-state index >= 15 is 0 Å². The summed E-state index contributed by atoms with van der Waals surface area (Å²) in [5, 5.41) is 9.28. The highest BCUT2D eigenvalue weighted by Gasteiger charge is 2.06. The molecule has 1 atom stereocenters. The van der Waals surface area contributed by atoms with Crippen LogP contribution in [-0.2, 0) is 6.54 Å². The van der Waals surface area contributed by atoms with E-state index in [-0.39, 0.29) is 6.10 Å². The molecule has 1 aromatic heterocycles. The molecule has 0 unspecified atom stereocenters. The fourth-order valence-corrected chi connectivity index (χ4v) is 1.43. The molecular formula is C11H18N2O. The molecule has 1 rings (SSSR count). The lowest BCUT2D eigenvalue weighted by atomic mass is 10.2. The third kappa shape index (κ3) is 3.85. The predicted molar refractivity (Wildman–Crippen MR) is 56.9 cm³/mol. The molecule has 0 radical (unpaired) electrons. The maximum atomic E-state index is 9.28. The number of pyridine rings is 1. The summed E-state index contributed by atoms with van der Waals surface area (Å²) in [5.74, 6) is 0. The number of nitrogens with zero attached hydrogens (tertiary/aromatic N) is 2. The molecule has 0 saturated heterocycles. The van der Waals surface area contributed by atoms with Crippen molar-refractivity contribution in [1.29, 1.82) is 0 Å². The van der Waals surface area contributed by atoms with Crippen molar-refractivity contribution in [2.24, 2.45) is 0 Å². The molecule has 3 heteroatoms. The number of hydrogen-bond donors (Lipinski definition) is 1. The average molecular weight is 194 g/mol. The van der Waals surface area contributed by atoms with Gasteiger partial charge in [-0.15, -0.1) is 0 Å². The van der Waals surface area contributed by atoms with Gasteiger partial charge in [0, 0.05) is 25.5 Å². The smallest absolute Gasteiger partial charge is 0.0639 e. The van der Waals surface area contributed by atoms with Crippen molar-refractivity contribution in [3.05, 3.63) is 30.1 Å². The zero-order chi connectivity index (χ0) is 10.4. The van der Waals surface area contributed by atoms with Crippen LogP contribution in [0.15, 0.2) is 24.5 Å². The third-order valence-corrected chi connectivity index (χ3v) is 2.13. The quantitative estimate of drug-likeness (QED) is 0.767. The summed E-state index contributed by atoms with van der Waals surface area (Å²) < 4.78 is 0. The van der Waals surface area contributed by atoms with Crippen LogP contribution in [0.3, 0.4) is 0 Å². The second-order valence-corrected chi connectivity index (χ2v) is 3.53. The molecule has 0 aliphatic rings. The van der Waals surface area contributed by atoms with Crippen molar-refractivity contribution < 1.29 is 5.11 Å². The van der Waals surface area contributed by atoms with Gasteiger partial charge in [0.15, 0.2) is 0 Å². The molecule has 0 aliphatic carbocycles. The summed E-state index contributed by atoms with van der Waals surface area (Å²) in [4.78, 5) is 6.18. The van der Waals surface area contributed by atoms with Crippen LogP contribution in [0, 0.1) is 0 Å². The fourth-order valence-electron chi connectivity index (χ4n) is 1.43. The topological polar surface area (TPSA) is 36.4 Å². The molecule has 1 N–H and O–H groups in total. The molecule has 0 bridgehead atoms. The number of aromatic nitrogens is 1. The van der Waals surface area contributed by atoms with E-state index in [0.717, 1.165) is 19.6 Å². The van der Waals surface area contributed by atoms with E-state index in [2.05, 4.69) is 16.8 Å². The van der Waals surface area contributed by atoms with E-state index in [9.17, 15) is 5.11 Å². The molecule has 0 amide bonds. The Bertz CT molecular complexity index is 249. The molecule has 14 heavy (non-hydrogen) atoms. The molecule has 1 aromatic rings. The van der Waals surface area contributed by atoms with E-state index in [4.69, 9.17) is 0 Å². The highest BCUT2D eigenvalue weighted by Crippen LogP contribution is 2.03. The number of aliphatic hydroxyl groups excluding tert-OH is 1. The lowest BCUT2D eigenvalue weighted by molar-refractivity contribution is 0.126. The Morgan fingerprint density at radius 1 is 1.43 bits per heavy atom. The van der Waals surface area contributed by atoms with Gasteiger partial charge < -0.3 is 5.11 Å². The van der Waals surface area contributed by atoms with Crippen molar-refractivity contribution in [2.75, 3.05) is 13.1 Å². The number of likely N-dealkylation sites (N-methyl/N-ethyl adjacent to an activating group) is 1. The molecular weight excluding hydrogens is 176 g/mol. The van der Waals surface area contributed by atoms with E-state index in [1.165, 1.54) is 5.56 Å². The first-order chi connectivity index (χ1) is 6.72. The Balaban J connectivity index is 2.48. The highest BCUT2D eigenvalue weighted by molar-refractivity contribution is 5.09. The third-order valence-electron chi connectivity index (χ3n) is 2.13. The lowest BCUT2D eigenvalue weighted by Crippen LogP contribution is -2.30. The van der Waals surface area contributed by atoms with Gasteiger partial charge in [0.2, 0.25) is 0 Å². The standard InChI is InChI=1S/C11H18N2O/c1-3-13(8-10(2)14)9-11-4-6-12-7-5-11/h4-7,10,14H,3,8-9H2,1-2H3/t10-/m1/s1. The first kappa shape index (κ1) is 11.1. The maximum absolute atomic E-state index is 9.28. The Hall–Kier alpha value is -0.930. The number of hydrogen-bond acceptors (Lipinski definition) is 3. The summed E-state index contributed by atoms with van der Waals surface area (Å²) in [6.07, 6.45) is 3.33. The Morgan fingerprint density at radius 2 is 2.07 bits per heavy atom. The monoisotopic (exact) mass is 194 g/mol. The molecule has 3 nitrogen and oxygen atoms in total. The van der Waals surface area contributed by atoms with Gasteiger partial charge in [0.25, 0.3) is 0 Å². The minimum atomic E-state index is -0.267. The van der Waals surface area contributed by atoms with Crippen molar-refractivity contribution in [2.45, 2.75) is 26.5 Å². The normalized spacial score (nSPS) is 13.1. The zero-order valence-electron chi connectivity index (χ0n) is 8.85. The van der Waals surface area contributed by atoms with E-state index in [0.29, 0.717) is 0 Å². The Morgan fingerprint density at radius 3 is 2.57 bits per heavy atom. The summed E-state index contributed by atoms with van der Waals surface area (Å²) in [6, 6.07) is 4.01. The second kappa shape index (κ2) is 5.73. The Kier molecular flexibility index (Phi) is 4.56.